The number of hydrogen-bond acceptors (Lipinski definition) is 5. The maximum Gasteiger partial charge on any atom is 0.264 e. The fourth-order valence-electron chi connectivity index (χ4n) is 2.22. The fraction of sp³-hybridized carbons (Fsp3) is 0.105. The number of amides is 2. The Balaban J connectivity index is 1.74. The van der Waals surface area contributed by atoms with Crippen molar-refractivity contribution in [2.75, 3.05) is 0 Å². The molecule has 0 radical (unpaired) electrons. The number of hydrogen-bond donors (Lipinski definition) is 2. The Morgan fingerprint density at radius 3 is 2.74 bits per heavy atom. The number of rotatable bonds is 5. The predicted molar refractivity (Wildman–Crippen MR) is 102 cm³/mol. The average Bonchev–Trinajstić information content (AvgIpc) is 3.00. The van der Waals surface area contributed by atoms with Gasteiger partial charge in [0.1, 0.15) is 18.2 Å². The highest BCUT2D eigenvalue weighted by atomic mass is 32.2. The molecule has 0 atom stereocenters. The second-order valence-electron chi connectivity index (χ2n) is 5.60. The highest BCUT2D eigenvalue weighted by molar-refractivity contribution is 8.18. The van der Waals surface area contributed by atoms with E-state index in [0.29, 0.717) is 15.8 Å². The molecule has 27 heavy (non-hydrogen) atoms. The van der Waals surface area contributed by atoms with E-state index in [-0.39, 0.29) is 24.2 Å². The van der Waals surface area contributed by atoms with E-state index in [4.69, 9.17) is 4.74 Å². The van der Waals surface area contributed by atoms with Crippen molar-refractivity contribution in [3.05, 3.63) is 70.4 Å². The third-order valence-electron chi connectivity index (χ3n) is 3.48. The zero-order chi connectivity index (χ0) is 19.2. The Bertz CT molecular complexity index is 926. The first-order chi connectivity index (χ1) is 13.0. The zero-order valence-electron chi connectivity index (χ0n) is 14.4. The van der Waals surface area contributed by atoms with Crippen molar-refractivity contribution >= 4 is 34.8 Å². The third kappa shape index (κ3) is 5.18. The van der Waals surface area contributed by atoms with E-state index < -0.39 is 0 Å². The maximum absolute atomic E-state index is 13.0. The van der Waals surface area contributed by atoms with Crippen LogP contribution >= 0.6 is 11.8 Å². The fourth-order valence-corrected chi connectivity index (χ4v) is 3.00. The van der Waals surface area contributed by atoms with Crippen LogP contribution in [0.15, 0.2) is 58.5 Å². The number of nitrogens with one attached hydrogen (secondary N) is 2. The highest BCUT2D eigenvalue weighted by Crippen LogP contribution is 2.29. The smallest absolute Gasteiger partial charge is 0.264 e. The van der Waals surface area contributed by atoms with E-state index in [9.17, 15) is 14.0 Å². The summed E-state index contributed by atoms with van der Waals surface area (Å²) in [6.07, 6.45) is 1.69. The van der Waals surface area contributed by atoms with Gasteiger partial charge in [-0.1, -0.05) is 30.3 Å². The molecule has 1 fully saturated rings. The molecule has 3 rings (SSSR count). The van der Waals surface area contributed by atoms with Gasteiger partial charge in [-0.15, -0.1) is 5.10 Å². The van der Waals surface area contributed by atoms with Gasteiger partial charge < -0.3 is 4.74 Å². The Hall–Kier alpha value is -3.13. The van der Waals surface area contributed by atoms with Crippen LogP contribution in [0.5, 0.6) is 5.75 Å². The first-order valence-corrected chi connectivity index (χ1v) is 8.84. The molecule has 2 amide bonds. The number of benzene rings is 2. The van der Waals surface area contributed by atoms with Crippen molar-refractivity contribution < 1.29 is 18.7 Å². The summed E-state index contributed by atoms with van der Waals surface area (Å²) in [5.41, 5.74) is 3.83. The number of ether oxygens (including phenoxy) is 1. The van der Waals surface area contributed by atoms with Gasteiger partial charge in [-0.05, 0) is 41.6 Å². The van der Waals surface area contributed by atoms with E-state index >= 15 is 0 Å². The molecule has 2 N–H and O–H groups in total. The molecule has 0 saturated carbocycles. The lowest BCUT2D eigenvalue weighted by molar-refractivity contribution is -0.119. The van der Waals surface area contributed by atoms with Gasteiger partial charge in [0.05, 0.1) is 4.91 Å². The topological polar surface area (TPSA) is 79.8 Å². The van der Waals surface area contributed by atoms with Gasteiger partial charge in [0.15, 0.2) is 5.17 Å². The largest absolute Gasteiger partial charge is 0.488 e. The molecule has 6 nitrogen and oxygen atoms in total. The third-order valence-corrected chi connectivity index (χ3v) is 4.39. The minimum Gasteiger partial charge on any atom is -0.488 e. The molecule has 8 heteroatoms. The Morgan fingerprint density at radius 2 is 2.00 bits per heavy atom. The summed E-state index contributed by atoms with van der Waals surface area (Å²) in [5, 5.41) is 6.69. The lowest BCUT2D eigenvalue weighted by Gasteiger charge is -2.09. The van der Waals surface area contributed by atoms with Crippen LogP contribution in [0.25, 0.3) is 6.08 Å². The van der Waals surface area contributed by atoms with Crippen molar-refractivity contribution in [3.8, 4) is 5.75 Å². The van der Waals surface area contributed by atoms with Gasteiger partial charge >= 0.3 is 0 Å². The monoisotopic (exact) mass is 385 g/mol. The summed E-state index contributed by atoms with van der Waals surface area (Å²) in [4.78, 5) is 23.4. The number of carbonyl (C=O) groups is 2. The molecule has 1 heterocycles. The first-order valence-electron chi connectivity index (χ1n) is 8.03. The number of nitrogens with zero attached hydrogens (tertiary/aromatic N) is 1. The van der Waals surface area contributed by atoms with Crippen molar-refractivity contribution in [3.63, 3.8) is 0 Å². The summed E-state index contributed by atoms with van der Waals surface area (Å²) in [7, 11) is 0. The van der Waals surface area contributed by atoms with Crippen LogP contribution in [0.3, 0.4) is 0 Å². The van der Waals surface area contributed by atoms with Crippen molar-refractivity contribution in [1.82, 2.24) is 10.7 Å². The van der Waals surface area contributed by atoms with Crippen LogP contribution in [-0.2, 0) is 16.2 Å². The zero-order valence-corrected chi connectivity index (χ0v) is 15.2. The molecule has 0 aliphatic carbocycles. The molecular weight excluding hydrogens is 369 g/mol. The van der Waals surface area contributed by atoms with Crippen LogP contribution in [0.4, 0.5) is 4.39 Å². The van der Waals surface area contributed by atoms with Gasteiger partial charge in [-0.2, -0.15) is 0 Å². The Morgan fingerprint density at radius 1 is 1.26 bits per heavy atom. The molecule has 0 spiro atoms. The molecule has 0 unspecified atom stereocenters. The average molecular weight is 385 g/mol. The van der Waals surface area contributed by atoms with Crippen LogP contribution in [0, 0.1) is 5.82 Å². The summed E-state index contributed by atoms with van der Waals surface area (Å²) in [6, 6.07) is 13.3. The SMILES string of the molecule is CC(=O)N/N=C1/NC(=O)/C(=C/c2ccccc2OCc2ccc(F)cc2)S1. The summed E-state index contributed by atoms with van der Waals surface area (Å²) in [5.74, 6) is -0.341. The molecule has 2 aromatic rings. The van der Waals surface area contributed by atoms with Gasteiger partial charge in [0.25, 0.3) is 5.91 Å². The van der Waals surface area contributed by atoms with E-state index in [2.05, 4.69) is 15.8 Å². The number of amidine groups is 1. The lowest BCUT2D eigenvalue weighted by Crippen LogP contribution is -2.23. The van der Waals surface area contributed by atoms with Gasteiger partial charge in [0, 0.05) is 12.5 Å². The van der Waals surface area contributed by atoms with E-state index in [1.54, 1.807) is 24.3 Å². The Labute approximate surface area is 159 Å². The van der Waals surface area contributed by atoms with Gasteiger partial charge in [-0.3, -0.25) is 14.9 Å². The molecule has 1 saturated heterocycles. The quantitative estimate of drug-likeness (QED) is 0.613. The van der Waals surface area contributed by atoms with E-state index in [1.165, 1.54) is 19.1 Å². The standard InChI is InChI=1S/C19H16FN3O3S/c1-12(24)22-23-19-21-18(25)17(27-19)10-14-4-2-3-5-16(14)26-11-13-6-8-15(20)9-7-13/h2-10H,11H2,1H3,(H,22,24)(H,21,23,25)/b17-10-. The van der Waals surface area contributed by atoms with E-state index in [0.717, 1.165) is 22.9 Å². The van der Waals surface area contributed by atoms with Crippen LogP contribution in [0.2, 0.25) is 0 Å². The molecule has 1 aliphatic heterocycles. The molecule has 1 aliphatic rings. The first kappa shape index (κ1) is 18.7. The Kier molecular flexibility index (Phi) is 5.87. The summed E-state index contributed by atoms with van der Waals surface area (Å²) in [6.45, 7) is 1.60. The number of para-hydroxylation sites is 1. The summed E-state index contributed by atoms with van der Waals surface area (Å²) >= 11 is 1.12. The van der Waals surface area contributed by atoms with Gasteiger partial charge in [0.2, 0.25) is 5.91 Å². The second kappa shape index (κ2) is 8.50. The minimum atomic E-state index is -0.325. The molecule has 0 bridgehead atoms. The van der Waals surface area contributed by atoms with Crippen molar-refractivity contribution in [1.29, 1.82) is 0 Å². The predicted octanol–water partition coefficient (Wildman–Crippen LogP) is 3.02. The van der Waals surface area contributed by atoms with Crippen LogP contribution < -0.4 is 15.5 Å². The molecule has 138 valence electrons. The number of halogens is 1. The highest BCUT2D eigenvalue weighted by Gasteiger charge is 2.24. The molecule has 0 aromatic heterocycles. The maximum atomic E-state index is 13.0. The molecular formula is C19H16FN3O3S. The van der Waals surface area contributed by atoms with Crippen molar-refractivity contribution in [2.24, 2.45) is 5.10 Å². The number of hydrazone groups is 1. The normalized spacial score (nSPS) is 16.4. The van der Waals surface area contributed by atoms with Crippen LogP contribution in [-0.4, -0.2) is 17.0 Å². The number of carbonyl (C=O) groups excluding carboxylic acids is 2. The van der Waals surface area contributed by atoms with E-state index in [1.807, 2.05) is 18.2 Å². The van der Waals surface area contributed by atoms with Crippen molar-refractivity contribution in [2.45, 2.75) is 13.5 Å². The van der Waals surface area contributed by atoms with Gasteiger partial charge in [-0.25, -0.2) is 9.82 Å². The summed E-state index contributed by atoms with van der Waals surface area (Å²) < 4.78 is 18.8. The molecule has 2 aromatic carbocycles. The lowest BCUT2D eigenvalue weighted by atomic mass is 10.2. The van der Waals surface area contributed by atoms with Crippen LogP contribution in [0.1, 0.15) is 18.1 Å². The second-order valence-corrected chi connectivity index (χ2v) is 6.63. The minimum absolute atomic E-state index is 0.273. The number of thioether (sulfide) groups is 1.